The van der Waals surface area contributed by atoms with Crippen molar-refractivity contribution in [1.29, 1.82) is 0 Å². The van der Waals surface area contributed by atoms with Gasteiger partial charge in [-0.3, -0.25) is 4.79 Å². The van der Waals surface area contributed by atoms with Crippen molar-refractivity contribution in [2.75, 3.05) is 0 Å². The van der Waals surface area contributed by atoms with Gasteiger partial charge >= 0.3 is 0 Å². The number of allylic oxidation sites excluding steroid dienone is 7. The second-order valence-electron chi connectivity index (χ2n) is 4.45. The minimum atomic E-state index is -0.185. The van der Waals surface area contributed by atoms with E-state index < -0.39 is 0 Å². The summed E-state index contributed by atoms with van der Waals surface area (Å²) in [7, 11) is 0. The van der Waals surface area contributed by atoms with E-state index in [9.17, 15) is 4.79 Å². The summed E-state index contributed by atoms with van der Waals surface area (Å²) in [6, 6.07) is 7.74. The minimum Gasteiger partial charge on any atom is -0.321 e. The van der Waals surface area contributed by atoms with Crippen molar-refractivity contribution in [3.05, 3.63) is 82.4 Å². The van der Waals surface area contributed by atoms with Crippen molar-refractivity contribution in [1.82, 2.24) is 5.32 Å². The van der Waals surface area contributed by atoms with Crippen LogP contribution in [-0.4, -0.2) is 5.91 Å². The van der Waals surface area contributed by atoms with E-state index in [-0.39, 0.29) is 5.91 Å². The molecule has 2 aromatic rings. The van der Waals surface area contributed by atoms with E-state index in [1.54, 1.807) is 0 Å². The highest BCUT2D eigenvalue weighted by atomic mass is 35.5. The second kappa shape index (κ2) is 6.12. The van der Waals surface area contributed by atoms with E-state index in [0.29, 0.717) is 9.90 Å². The molecule has 1 aliphatic rings. The number of fused-ring (bicyclic) bond motifs is 1. The van der Waals surface area contributed by atoms with Crippen LogP contribution >= 0.6 is 22.9 Å². The zero-order valence-corrected chi connectivity index (χ0v) is 12.6. The molecule has 0 unspecified atom stereocenters. The van der Waals surface area contributed by atoms with E-state index in [4.69, 9.17) is 11.6 Å². The fourth-order valence-electron chi connectivity index (χ4n) is 2.00. The lowest BCUT2D eigenvalue weighted by molar-refractivity contribution is 0.0971. The van der Waals surface area contributed by atoms with Gasteiger partial charge in [-0.1, -0.05) is 60.2 Å². The van der Waals surface area contributed by atoms with Gasteiger partial charge in [-0.2, -0.15) is 0 Å². The van der Waals surface area contributed by atoms with Crippen LogP contribution in [0.1, 0.15) is 9.67 Å². The molecule has 0 fully saturated rings. The Bertz CT molecular complexity index is 811. The number of rotatable bonds is 2. The predicted molar refractivity (Wildman–Crippen MR) is 89.8 cm³/mol. The molecule has 1 heterocycles. The van der Waals surface area contributed by atoms with Crippen LogP contribution in [0.25, 0.3) is 10.1 Å². The highest BCUT2D eigenvalue weighted by Gasteiger charge is 2.17. The molecule has 1 aromatic carbocycles. The van der Waals surface area contributed by atoms with E-state index in [2.05, 4.69) is 5.32 Å². The highest BCUT2D eigenvalue weighted by molar-refractivity contribution is 7.21. The molecule has 3 rings (SSSR count). The third-order valence-electron chi connectivity index (χ3n) is 3.00. The average molecular weight is 314 g/mol. The molecule has 0 bridgehead atoms. The number of hydrogen-bond acceptors (Lipinski definition) is 2. The Morgan fingerprint density at radius 1 is 1.05 bits per heavy atom. The van der Waals surface area contributed by atoms with Crippen molar-refractivity contribution in [2.45, 2.75) is 0 Å². The number of halogens is 1. The minimum absolute atomic E-state index is 0.185. The number of nitrogens with one attached hydrogen (secondary N) is 1. The highest BCUT2D eigenvalue weighted by Crippen LogP contribution is 2.35. The number of amides is 1. The van der Waals surface area contributed by atoms with Gasteiger partial charge in [0, 0.05) is 15.8 Å². The lowest BCUT2D eigenvalue weighted by atomic mass is 10.2. The largest absolute Gasteiger partial charge is 0.321 e. The van der Waals surface area contributed by atoms with Gasteiger partial charge in [0.25, 0.3) is 5.91 Å². The molecule has 21 heavy (non-hydrogen) atoms. The Balaban J connectivity index is 1.89. The zero-order valence-electron chi connectivity index (χ0n) is 11.0. The fourth-order valence-corrected chi connectivity index (χ4v) is 3.41. The molecule has 0 saturated heterocycles. The van der Waals surface area contributed by atoms with Crippen LogP contribution in [0.4, 0.5) is 0 Å². The summed E-state index contributed by atoms with van der Waals surface area (Å²) >= 11 is 7.72. The molecule has 1 aliphatic carbocycles. The van der Waals surface area contributed by atoms with Gasteiger partial charge in [-0.15, -0.1) is 11.3 Å². The molecular weight excluding hydrogens is 302 g/mol. The van der Waals surface area contributed by atoms with Crippen molar-refractivity contribution in [2.24, 2.45) is 0 Å². The summed E-state index contributed by atoms with van der Waals surface area (Å²) in [5, 5.41) is 4.31. The van der Waals surface area contributed by atoms with Crippen LogP contribution in [0.3, 0.4) is 0 Å². The summed E-state index contributed by atoms with van der Waals surface area (Å²) in [4.78, 5) is 12.9. The molecule has 0 aliphatic heterocycles. The Morgan fingerprint density at radius 2 is 1.81 bits per heavy atom. The number of benzene rings is 1. The molecule has 0 saturated carbocycles. The molecule has 0 radical (unpaired) electrons. The molecule has 0 atom stereocenters. The predicted octanol–water partition coefficient (Wildman–Crippen LogP) is 4.85. The maximum atomic E-state index is 12.4. The maximum absolute atomic E-state index is 12.4. The van der Waals surface area contributed by atoms with Gasteiger partial charge in [-0.25, -0.2) is 0 Å². The normalized spacial score (nSPS) is 13.9. The molecule has 4 heteroatoms. The first-order chi connectivity index (χ1) is 10.3. The molecule has 0 spiro atoms. The van der Waals surface area contributed by atoms with Gasteiger partial charge in [-0.05, 0) is 18.2 Å². The first-order valence-corrected chi connectivity index (χ1v) is 7.65. The Morgan fingerprint density at radius 3 is 2.67 bits per heavy atom. The topological polar surface area (TPSA) is 29.1 Å². The van der Waals surface area contributed by atoms with Crippen molar-refractivity contribution in [3.8, 4) is 0 Å². The summed E-state index contributed by atoms with van der Waals surface area (Å²) in [6.07, 6.45) is 13.2. The third-order valence-corrected chi connectivity index (χ3v) is 4.67. The first-order valence-electron chi connectivity index (χ1n) is 6.46. The van der Waals surface area contributed by atoms with Crippen molar-refractivity contribution >= 4 is 38.9 Å². The Hall–Kier alpha value is -2.10. The summed E-state index contributed by atoms with van der Waals surface area (Å²) < 4.78 is 1.01. The summed E-state index contributed by atoms with van der Waals surface area (Å²) in [6.45, 7) is 0. The number of carbonyl (C=O) groups is 1. The Labute approximate surface area is 131 Å². The van der Waals surface area contributed by atoms with E-state index >= 15 is 0 Å². The third kappa shape index (κ3) is 2.99. The van der Waals surface area contributed by atoms with Gasteiger partial charge in [0.15, 0.2) is 0 Å². The van der Waals surface area contributed by atoms with E-state index in [1.165, 1.54) is 11.3 Å². The molecule has 104 valence electrons. The number of carbonyl (C=O) groups excluding carboxylic acids is 1. The second-order valence-corrected chi connectivity index (χ2v) is 5.88. The van der Waals surface area contributed by atoms with Crippen LogP contribution in [0.5, 0.6) is 0 Å². The fraction of sp³-hybridized carbons (Fsp3) is 0. The summed E-state index contributed by atoms with van der Waals surface area (Å²) in [5.74, 6) is -0.185. The van der Waals surface area contributed by atoms with Crippen LogP contribution in [0, 0.1) is 0 Å². The van der Waals surface area contributed by atoms with Crippen LogP contribution < -0.4 is 5.32 Å². The maximum Gasteiger partial charge on any atom is 0.267 e. The van der Waals surface area contributed by atoms with E-state index in [0.717, 1.165) is 15.8 Å². The molecule has 1 amide bonds. The van der Waals surface area contributed by atoms with Gasteiger partial charge < -0.3 is 5.32 Å². The van der Waals surface area contributed by atoms with Gasteiger partial charge in [0.2, 0.25) is 0 Å². The van der Waals surface area contributed by atoms with Crippen molar-refractivity contribution in [3.63, 3.8) is 0 Å². The average Bonchev–Trinajstić information content (AvgIpc) is 2.79. The summed E-state index contributed by atoms with van der Waals surface area (Å²) in [5.41, 5.74) is 0.731. The SMILES string of the molecule is O=C(NC1=CC=CC=CC=C1)c1sc2ccccc2c1Cl. The van der Waals surface area contributed by atoms with Gasteiger partial charge in [0.05, 0.1) is 5.02 Å². The van der Waals surface area contributed by atoms with Crippen LogP contribution in [0.15, 0.2) is 72.5 Å². The standard InChI is InChI=1S/C17H12ClNOS/c18-15-13-10-6-7-11-14(13)21-16(15)17(20)19-12-8-4-2-1-3-5-9-12/h1-11H,(H,19,20). The van der Waals surface area contributed by atoms with Crippen LogP contribution in [0.2, 0.25) is 5.02 Å². The van der Waals surface area contributed by atoms with Crippen molar-refractivity contribution < 1.29 is 4.79 Å². The smallest absolute Gasteiger partial charge is 0.267 e. The molecule has 1 aromatic heterocycles. The lowest BCUT2D eigenvalue weighted by Gasteiger charge is -2.04. The first kappa shape index (κ1) is 13.9. The number of thiophene rings is 1. The monoisotopic (exact) mass is 313 g/mol. The molecular formula is C17H12ClNOS. The van der Waals surface area contributed by atoms with E-state index in [1.807, 2.05) is 66.8 Å². The molecule has 2 nitrogen and oxygen atoms in total. The van der Waals surface area contributed by atoms with Crippen LogP contribution in [-0.2, 0) is 0 Å². The molecule has 1 N–H and O–H groups in total. The Kier molecular flexibility index (Phi) is 4.04. The quantitative estimate of drug-likeness (QED) is 0.843. The van der Waals surface area contributed by atoms with Gasteiger partial charge in [0.1, 0.15) is 4.88 Å². The number of hydrogen-bond donors (Lipinski definition) is 1. The lowest BCUT2D eigenvalue weighted by Crippen LogP contribution is -2.21. The zero-order chi connectivity index (χ0) is 14.7.